The molecule has 0 aromatic rings. The summed E-state index contributed by atoms with van der Waals surface area (Å²) in [7, 11) is 6.29. The van der Waals surface area contributed by atoms with E-state index in [-0.39, 0.29) is 12.0 Å². The molecule has 5 heteroatoms. The van der Waals surface area contributed by atoms with Crippen LogP contribution in [0.15, 0.2) is 0 Å². The molecule has 0 aromatic heterocycles. The predicted octanol–water partition coefficient (Wildman–Crippen LogP) is 1.58. The summed E-state index contributed by atoms with van der Waals surface area (Å²) in [5, 5.41) is 3.36. The lowest BCUT2D eigenvalue weighted by atomic mass is 9.94. The van der Waals surface area contributed by atoms with Gasteiger partial charge in [0.1, 0.15) is 5.54 Å². The number of rotatable bonds is 11. The first-order valence-corrected chi connectivity index (χ1v) is 7.99. The van der Waals surface area contributed by atoms with Crippen LogP contribution in [0.5, 0.6) is 0 Å². The maximum atomic E-state index is 12.2. The van der Waals surface area contributed by atoms with E-state index in [9.17, 15) is 4.79 Å². The standard InChI is InChI=1S/C16H35N3O2/c1-8-21-15(20)16(4,17-14(2)3)10-9-11-19(7)13-12-18(5)6/h14,17H,8-13H2,1-7H3. The summed E-state index contributed by atoms with van der Waals surface area (Å²) in [4.78, 5) is 16.7. The van der Waals surface area contributed by atoms with Gasteiger partial charge in [0.2, 0.25) is 0 Å². The Bertz CT molecular complexity index is 295. The summed E-state index contributed by atoms with van der Waals surface area (Å²) in [5.41, 5.74) is -0.591. The van der Waals surface area contributed by atoms with Crippen LogP contribution in [0.25, 0.3) is 0 Å². The zero-order valence-electron chi connectivity index (χ0n) is 15.0. The first kappa shape index (κ1) is 20.3. The molecule has 0 spiro atoms. The maximum absolute atomic E-state index is 12.2. The maximum Gasteiger partial charge on any atom is 0.326 e. The van der Waals surface area contributed by atoms with Crippen molar-refractivity contribution in [1.82, 2.24) is 15.1 Å². The first-order chi connectivity index (χ1) is 9.71. The van der Waals surface area contributed by atoms with Crippen LogP contribution in [-0.4, -0.2) is 74.7 Å². The van der Waals surface area contributed by atoms with Crippen molar-refractivity contribution in [2.24, 2.45) is 0 Å². The SMILES string of the molecule is CCOC(=O)C(C)(CCCN(C)CCN(C)C)NC(C)C. The van der Waals surface area contributed by atoms with Crippen LogP contribution >= 0.6 is 0 Å². The molecular formula is C16H35N3O2. The van der Waals surface area contributed by atoms with Gasteiger partial charge in [0.15, 0.2) is 0 Å². The number of carbonyl (C=O) groups is 1. The molecule has 126 valence electrons. The average Bonchev–Trinajstić information content (AvgIpc) is 2.35. The molecule has 1 N–H and O–H groups in total. The van der Waals surface area contributed by atoms with E-state index in [0.717, 1.165) is 32.5 Å². The topological polar surface area (TPSA) is 44.8 Å². The van der Waals surface area contributed by atoms with Crippen molar-refractivity contribution >= 4 is 5.97 Å². The highest BCUT2D eigenvalue weighted by molar-refractivity contribution is 5.80. The van der Waals surface area contributed by atoms with Crippen molar-refractivity contribution in [2.45, 2.75) is 52.1 Å². The van der Waals surface area contributed by atoms with Gasteiger partial charge in [-0.25, -0.2) is 0 Å². The quantitative estimate of drug-likeness (QED) is 0.587. The summed E-state index contributed by atoms with van der Waals surface area (Å²) in [6.45, 7) is 11.4. The summed E-state index contributed by atoms with van der Waals surface area (Å²) >= 11 is 0. The molecule has 0 rings (SSSR count). The summed E-state index contributed by atoms with van der Waals surface area (Å²) < 4.78 is 5.22. The van der Waals surface area contributed by atoms with Crippen molar-refractivity contribution in [3.8, 4) is 0 Å². The molecule has 0 saturated heterocycles. The fourth-order valence-corrected chi connectivity index (χ4v) is 2.35. The van der Waals surface area contributed by atoms with Gasteiger partial charge >= 0.3 is 5.97 Å². The van der Waals surface area contributed by atoms with Crippen molar-refractivity contribution in [2.75, 3.05) is 47.4 Å². The molecule has 0 fully saturated rings. The molecule has 0 heterocycles. The Morgan fingerprint density at radius 2 is 1.81 bits per heavy atom. The fraction of sp³-hybridized carbons (Fsp3) is 0.938. The molecule has 0 radical (unpaired) electrons. The van der Waals surface area contributed by atoms with E-state index < -0.39 is 5.54 Å². The van der Waals surface area contributed by atoms with E-state index in [1.807, 2.05) is 13.8 Å². The van der Waals surface area contributed by atoms with Crippen molar-refractivity contribution in [3.63, 3.8) is 0 Å². The molecule has 0 aliphatic rings. The minimum Gasteiger partial charge on any atom is -0.465 e. The smallest absolute Gasteiger partial charge is 0.326 e. The number of carbonyl (C=O) groups excluding carboxylic acids is 1. The molecule has 0 aromatic carbocycles. The van der Waals surface area contributed by atoms with E-state index in [2.05, 4.69) is 50.1 Å². The molecule has 1 atom stereocenters. The molecule has 1 unspecified atom stereocenters. The summed E-state index contributed by atoms with van der Waals surface area (Å²) in [6.07, 6.45) is 1.76. The van der Waals surface area contributed by atoms with Gasteiger partial charge in [-0.3, -0.25) is 10.1 Å². The zero-order chi connectivity index (χ0) is 16.5. The molecular weight excluding hydrogens is 266 g/mol. The first-order valence-electron chi connectivity index (χ1n) is 7.99. The van der Waals surface area contributed by atoms with Crippen molar-refractivity contribution in [1.29, 1.82) is 0 Å². The highest BCUT2D eigenvalue weighted by Crippen LogP contribution is 2.16. The predicted molar refractivity (Wildman–Crippen MR) is 88.6 cm³/mol. The van der Waals surface area contributed by atoms with Crippen LogP contribution in [0.3, 0.4) is 0 Å². The minimum absolute atomic E-state index is 0.144. The molecule has 5 nitrogen and oxygen atoms in total. The Hall–Kier alpha value is -0.650. The number of likely N-dealkylation sites (N-methyl/N-ethyl adjacent to an activating group) is 2. The van der Waals surface area contributed by atoms with E-state index in [0.29, 0.717) is 6.61 Å². The third kappa shape index (κ3) is 9.06. The molecule has 0 amide bonds. The lowest BCUT2D eigenvalue weighted by Gasteiger charge is -2.31. The third-order valence-electron chi connectivity index (χ3n) is 3.48. The molecule has 0 saturated carbocycles. The van der Waals surface area contributed by atoms with Crippen LogP contribution < -0.4 is 5.32 Å². The minimum atomic E-state index is -0.591. The number of esters is 1. The van der Waals surface area contributed by atoms with Crippen LogP contribution in [-0.2, 0) is 9.53 Å². The van der Waals surface area contributed by atoms with Gasteiger partial charge in [0, 0.05) is 19.1 Å². The number of hydrogen-bond donors (Lipinski definition) is 1. The molecule has 0 aliphatic heterocycles. The Morgan fingerprint density at radius 1 is 1.19 bits per heavy atom. The largest absolute Gasteiger partial charge is 0.465 e. The second-order valence-electron chi connectivity index (χ2n) is 6.56. The number of ether oxygens (including phenoxy) is 1. The number of nitrogens with zero attached hydrogens (tertiary/aromatic N) is 2. The Morgan fingerprint density at radius 3 is 2.29 bits per heavy atom. The average molecular weight is 301 g/mol. The van der Waals surface area contributed by atoms with Gasteiger partial charge in [-0.2, -0.15) is 0 Å². The van der Waals surface area contributed by atoms with Gasteiger partial charge in [-0.05, 0) is 68.2 Å². The van der Waals surface area contributed by atoms with Gasteiger partial charge in [0.25, 0.3) is 0 Å². The lowest BCUT2D eigenvalue weighted by Crippen LogP contribution is -2.53. The molecule has 21 heavy (non-hydrogen) atoms. The summed E-state index contributed by atoms with van der Waals surface area (Å²) in [6, 6.07) is 0.255. The number of hydrogen-bond acceptors (Lipinski definition) is 5. The van der Waals surface area contributed by atoms with Crippen LogP contribution in [0.2, 0.25) is 0 Å². The fourth-order valence-electron chi connectivity index (χ4n) is 2.35. The Kier molecular flexibility index (Phi) is 9.83. The normalized spacial score (nSPS) is 14.8. The van der Waals surface area contributed by atoms with Crippen molar-refractivity contribution in [3.05, 3.63) is 0 Å². The zero-order valence-corrected chi connectivity index (χ0v) is 15.0. The lowest BCUT2D eigenvalue weighted by molar-refractivity contribution is -0.151. The Balaban J connectivity index is 4.32. The van der Waals surface area contributed by atoms with E-state index >= 15 is 0 Å². The molecule has 0 aliphatic carbocycles. The van der Waals surface area contributed by atoms with Gasteiger partial charge in [-0.15, -0.1) is 0 Å². The van der Waals surface area contributed by atoms with Crippen LogP contribution in [0.1, 0.15) is 40.5 Å². The van der Waals surface area contributed by atoms with E-state index in [1.54, 1.807) is 0 Å². The van der Waals surface area contributed by atoms with Gasteiger partial charge in [0.05, 0.1) is 6.61 Å². The monoisotopic (exact) mass is 301 g/mol. The van der Waals surface area contributed by atoms with Crippen LogP contribution in [0, 0.1) is 0 Å². The third-order valence-corrected chi connectivity index (χ3v) is 3.48. The van der Waals surface area contributed by atoms with Crippen molar-refractivity contribution < 1.29 is 9.53 Å². The van der Waals surface area contributed by atoms with E-state index in [4.69, 9.17) is 4.74 Å². The second-order valence-corrected chi connectivity index (χ2v) is 6.56. The molecule has 0 bridgehead atoms. The highest BCUT2D eigenvalue weighted by atomic mass is 16.5. The van der Waals surface area contributed by atoms with Gasteiger partial charge in [-0.1, -0.05) is 0 Å². The highest BCUT2D eigenvalue weighted by Gasteiger charge is 2.34. The van der Waals surface area contributed by atoms with Crippen LogP contribution in [0.4, 0.5) is 0 Å². The van der Waals surface area contributed by atoms with Gasteiger partial charge < -0.3 is 14.5 Å². The summed E-state index contributed by atoms with van der Waals surface area (Å²) in [5.74, 6) is -0.144. The Labute approximate surface area is 131 Å². The van der Waals surface area contributed by atoms with E-state index in [1.165, 1.54) is 0 Å². The second kappa shape index (κ2) is 10.1. The number of nitrogens with one attached hydrogen (secondary N) is 1.